The summed E-state index contributed by atoms with van der Waals surface area (Å²) in [5, 5.41) is 2.37. The molecule has 4 aromatic carbocycles. The van der Waals surface area contributed by atoms with Gasteiger partial charge in [0.05, 0.1) is 22.2 Å². The molecule has 40 heavy (non-hydrogen) atoms. The summed E-state index contributed by atoms with van der Waals surface area (Å²) in [6.45, 7) is 0. The van der Waals surface area contributed by atoms with Crippen molar-refractivity contribution in [3.8, 4) is 0 Å². The fraction of sp³-hybridized carbons (Fsp3) is 0.138. The molecule has 0 aliphatic carbocycles. The standard InChI is InChI=1S/C29H18F9NO/c30-23-13-12-22(24(31)25(23)32)26(40)39-27(16-17-6-2-1-3-7-17,18-8-4-10-20(14-18)28(33,34)35)19-9-5-11-21(15-19)29(36,37)38/h1-15H,16H2,(H,39,40). The largest absolute Gasteiger partial charge is 0.416 e. The van der Waals surface area contributed by atoms with E-state index in [4.69, 9.17) is 0 Å². The minimum Gasteiger partial charge on any atom is -0.338 e. The Kier molecular flexibility index (Phi) is 7.69. The van der Waals surface area contributed by atoms with Crippen molar-refractivity contribution in [2.45, 2.75) is 24.3 Å². The van der Waals surface area contributed by atoms with Crippen molar-refractivity contribution in [3.05, 3.63) is 142 Å². The Balaban J connectivity index is 2.02. The molecule has 208 valence electrons. The zero-order valence-electron chi connectivity index (χ0n) is 20.2. The Labute approximate surface area is 222 Å². The number of hydrogen-bond donors (Lipinski definition) is 1. The summed E-state index contributed by atoms with van der Waals surface area (Å²) in [7, 11) is 0. The van der Waals surface area contributed by atoms with Gasteiger partial charge in [-0.05, 0) is 53.1 Å². The highest BCUT2D eigenvalue weighted by Crippen LogP contribution is 2.40. The normalized spacial score (nSPS) is 12.3. The lowest BCUT2D eigenvalue weighted by molar-refractivity contribution is -0.138. The van der Waals surface area contributed by atoms with Gasteiger partial charge in [-0.25, -0.2) is 13.2 Å². The summed E-state index contributed by atoms with van der Waals surface area (Å²) in [6, 6.07) is 16.0. The zero-order chi connectivity index (χ0) is 29.3. The number of halogens is 9. The van der Waals surface area contributed by atoms with E-state index in [-0.39, 0.29) is 11.1 Å². The van der Waals surface area contributed by atoms with E-state index >= 15 is 0 Å². The van der Waals surface area contributed by atoms with Crippen LogP contribution in [0.2, 0.25) is 0 Å². The third-order valence-electron chi connectivity index (χ3n) is 6.28. The number of alkyl halides is 6. The molecule has 0 atom stereocenters. The molecule has 11 heteroatoms. The molecule has 1 amide bonds. The van der Waals surface area contributed by atoms with Gasteiger partial charge in [-0.15, -0.1) is 0 Å². The summed E-state index contributed by atoms with van der Waals surface area (Å²) in [5.41, 5.74) is -5.70. The van der Waals surface area contributed by atoms with E-state index in [0.717, 1.165) is 24.3 Å². The topological polar surface area (TPSA) is 29.1 Å². The van der Waals surface area contributed by atoms with Crippen LogP contribution in [0.3, 0.4) is 0 Å². The smallest absolute Gasteiger partial charge is 0.338 e. The Bertz CT molecular complexity index is 1470. The second-order valence-electron chi connectivity index (χ2n) is 8.90. The van der Waals surface area contributed by atoms with Gasteiger partial charge in [-0.2, -0.15) is 26.3 Å². The number of carbonyl (C=O) groups excluding carboxylic acids is 1. The molecule has 0 spiro atoms. The van der Waals surface area contributed by atoms with Crippen LogP contribution in [-0.2, 0) is 24.3 Å². The molecule has 0 aliphatic rings. The summed E-state index contributed by atoms with van der Waals surface area (Å²) < 4.78 is 124. The Morgan fingerprint density at radius 3 is 1.60 bits per heavy atom. The van der Waals surface area contributed by atoms with Gasteiger partial charge >= 0.3 is 12.4 Å². The molecule has 0 unspecified atom stereocenters. The lowest BCUT2D eigenvalue weighted by Gasteiger charge is -2.37. The van der Waals surface area contributed by atoms with Crippen molar-refractivity contribution in [1.29, 1.82) is 0 Å². The highest BCUT2D eigenvalue weighted by molar-refractivity contribution is 5.95. The van der Waals surface area contributed by atoms with Crippen LogP contribution >= 0.6 is 0 Å². The van der Waals surface area contributed by atoms with Gasteiger partial charge in [0.1, 0.15) is 0 Å². The zero-order valence-corrected chi connectivity index (χ0v) is 20.2. The minimum atomic E-state index is -4.86. The van der Waals surface area contributed by atoms with Crippen molar-refractivity contribution in [3.63, 3.8) is 0 Å². The van der Waals surface area contributed by atoms with Crippen molar-refractivity contribution in [2.75, 3.05) is 0 Å². The molecule has 0 fully saturated rings. The molecule has 0 aromatic heterocycles. The van der Waals surface area contributed by atoms with Crippen LogP contribution < -0.4 is 5.32 Å². The molecule has 2 nitrogen and oxygen atoms in total. The van der Waals surface area contributed by atoms with E-state index < -0.39 is 64.4 Å². The van der Waals surface area contributed by atoms with Gasteiger partial charge < -0.3 is 5.32 Å². The molecule has 0 bridgehead atoms. The van der Waals surface area contributed by atoms with E-state index in [2.05, 4.69) is 5.32 Å². The average molecular weight is 567 g/mol. The van der Waals surface area contributed by atoms with Crippen molar-refractivity contribution in [2.24, 2.45) is 0 Å². The van der Waals surface area contributed by atoms with Crippen molar-refractivity contribution < 1.29 is 44.3 Å². The summed E-state index contributed by atoms with van der Waals surface area (Å²) in [5.74, 6) is -6.85. The lowest BCUT2D eigenvalue weighted by Crippen LogP contribution is -2.49. The highest BCUT2D eigenvalue weighted by Gasteiger charge is 2.41. The average Bonchev–Trinajstić information content (AvgIpc) is 2.91. The van der Waals surface area contributed by atoms with Gasteiger partial charge in [-0.3, -0.25) is 4.79 Å². The molecule has 0 saturated heterocycles. The maximum absolute atomic E-state index is 14.6. The first kappa shape index (κ1) is 28.7. The Morgan fingerprint density at radius 1 is 0.600 bits per heavy atom. The summed E-state index contributed by atoms with van der Waals surface area (Å²) in [6.07, 6.45) is -10.1. The third kappa shape index (κ3) is 5.83. The SMILES string of the molecule is O=C(NC(Cc1ccccc1)(c1cccc(C(F)(F)F)c1)c1cccc(C(F)(F)F)c1)c1ccc(F)c(F)c1F. The van der Waals surface area contributed by atoms with Gasteiger partial charge in [0.2, 0.25) is 0 Å². The second kappa shape index (κ2) is 10.7. The van der Waals surface area contributed by atoms with Crippen LogP contribution in [0.25, 0.3) is 0 Å². The van der Waals surface area contributed by atoms with Crippen LogP contribution in [0, 0.1) is 17.5 Å². The first-order valence-corrected chi connectivity index (χ1v) is 11.6. The van der Waals surface area contributed by atoms with E-state index in [1.807, 2.05) is 0 Å². The monoisotopic (exact) mass is 567 g/mol. The van der Waals surface area contributed by atoms with E-state index in [0.29, 0.717) is 29.8 Å². The molecule has 4 rings (SSSR count). The predicted octanol–water partition coefficient (Wildman–Crippen LogP) is 8.06. The maximum Gasteiger partial charge on any atom is 0.416 e. The second-order valence-corrected chi connectivity index (χ2v) is 8.90. The van der Waals surface area contributed by atoms with Gasteiger partial charge in [-0.1, -0.05) is 54.6 Å². The molecular weight excluding hydrogens is 549 g/mol. The maximum atomic E-state index is 14.6. The molecule has 0 saturated carbocycles. The molecular formula is C29H18F9NO. The minimum absolute atomic E-state index is 0.290. The van der Waals surface area contributed by atoms with E-state index in [1.165, 1.54) is 24.3 Å². The highest BCUT2D eigenvalue weighted by atomic mass is 19.4. The fourth-order valence-electron chi connectivity index (χ4n) is 4.35. The quantitative estimate of drug-likeness (QED) is 0.185. The van der Waals surface area contributed by atoms with E-state index in [9.17, 15) is 44.3 Å². The molecule has 0 radical (unpaired) electrons. The number of carbonyl (C=O) groups is 1. The molecule has 4 aromatic rings. The number of hydrogen-bond acceptors (Lipinski definition) is 1. The summed E-state index contributed by atoms with van der Waals surface area (Å²) >= 11 is 0. The Morgan fingerprint density at radius 2 is 1.10 bits per heavy atom. The van der Waals surface area contributed by atoms with E-state index in [1.54, 1.807) is 18.2 Å². The molecule has 1 N–H and O–H groups in total. The summed E-state index contributed by atoms with van der Waals surface area (Å²) in [4.78, 5) is 13.4. The first-order chi connectivity index (χ1) is 18.7. The van der Waals surface area contributed by atoms with Crippen molar-refractivity contribution in [1.82, 2.24) is 5.32 Å². The molecule has 0 heterocycles. The van der Waals surface area contributed by atoms with Crippen LogP contribution in [0.15, 0.2) is 91.0 Å². The fourth-order valence-corrected chi connectivity index (χ4v) is 4.35. The number of rotatable bonds is 6. The van der Waals surface area contributed by atoms with Gasteiger partial charge in [0.15, 0.2) is 17.5 Å². The number of nitrogens with one attached hydrogen (secondary N) is 1. The van der Waals surface area contributed by atoms with Crippen LogP contribution in [0.5, 0.6) is 0 Å². The lowest BCUT2D eigenvalue weighted by atomic mass is 9.76. The van der Waals surface area contributed by atoms with Crippen LogP contribution in [0.1, 0.15) is 38.2 Å². The third-order valence-corrected chi connectivity index (χ3v) is 6.28. The van der Waals surface area contributed by atoms with Crippen LogP contribution in [0.4, 0.5) is 39.5 Å². The van der Waals surface area contributed by atoms with Gasteiger partial charge in [0, 0.05) is 6.42 Å². The Hall–Kier alpha value is -4.28. The first-order valence-electron chi connectivity index (χ1n) is 11.6. The van der Waals surface area contributed by atoms with Crippen LogP contribution in [-0.4, -0.2) is 5.91 Å². The van der Waals surface area contributed by atoms with Gasteiger partial charge in [0.25, 0.3) is 5.91 Å². The van der Waals surface area contributed by atoms with Crippen molar-refractivity contribution >= 4 is 5.91 Å². The predicted molar refractivity (Wildman–Crippen MR) is 128 cm³/mol. The number of amides is 1. The molecule has 0 aliphatic heterocycles. The number of benzene rings is 4.